The number of rotatable bonds is 1. The van der Waals surface area contributed by atoms with Gasteiger partial charge >= 0.3 is 6.09 Å². The molecule has 1 atom stereocenters. The molecule has 0 spiro atoms. The predicted molar refractivity (Wildman–Crippen MR) is 49.6 cm³/mol. The average molecular weight is 177 g/mol. The number of anilines is 1. The van der Waals surface area contributed by atoms with Gasteiger partial charge in [-0.25, -0.2) is 4.79 Å². The number of para-hydroxylation sites is 1. The van der Waals surface area contributed by atoms with E-state index in [1.54, 1.807) is 0 Å². The van der Waals surface area contributed by atoms with Crippen LogP contribution in [0.25, 0.3) is 0 Å². The van der Waals surface area contributed by atoms with Crippen molar-refractivity contribution in [1.29, 1.82) is 0 Å². The third-order valence-corrected chi connectivity index (χ3v) is 2.16. The van der Waals surface area contributed by atoms with Crippen molar-refractivity contribution < 1.29 is 9.53 Å². The highest BCUT2D eigenvalue weighted by molar-refractivity contribution is 5.88. The van der Waals surface area contributed by atoms with E-state index in [0.717, 1.165) is 17.7 Å². The smallest absolute Gasteiger partial charge is 0.412 e. The zero-order valence-corrected chi connectivity index (χ0v) is 7.41. The van der Waals surface area contributed by atoms with E-state index in [2.05, 4.69) is 5.32 Å². The van der Waals surface area contributed by atoms with Gasteiger partial charge in [0.1, 0.15) is 6.10 Å². The number of carbonyl (C=O) groups excluding carboxylic acids is 1. The molecule has 0 saturated heterocycles. The molecule has 0 saturated carbocycles. The molecule has 0 radical (unpaired) electrons. The highest BCUT2D eigenvalue weighted by Gasteiger charge is 2.23. The molecule has 1 amide bonds. The van der Waals surface area contributed by atoms with Crippen molar-refractivity contribution in [2.75, 3.05) is 5.32 Å². The summed E-state index contributed by atoms with van der Waals surface area (Å²) >= 11 is 0. The highest BCUT2D eigenvalue weighted by Crippen LogP contribution is 2.31. The molecule has 1 unspecified atom stereocenters. The Morgan fingerprint density at radius 2 is 2.23 bits per heavy atom. The molecule has 1 heterocycles. The minimum atomic E-state index is -0.356. The highest BCUT2D eigenvalue weighted by atomic mass is 16.6. The summed E-state index contributed by atoms with van der Waals surface area (Å²) in [6, 6.07) is 7.71. The summed E-state index contributed by atoms with van der Waals surface area (Å²) in [5.74, 6) is 0. The summed E-state index contributed by atoms with van der Waals surface area (Å²) in [5.41, 5.74) is 1.93. The lowest BCUT2D eigenvalue weighted by atomic mass is 10.0. The van der Waals surface area contributed by atoms with Crippen molar-refractivity contribution in [3.05, 3.63) is 29.8 Å². The maximum Gasteiger partial charge on any atom is 0.412 e. The van der Waals surface area contributed by atoms with Gasteiger partial charge in [0.25, 0.3) is 0 Å². The summed E-state index contributed by atoms with van der Waals surface area (Å²) in [7, 11) is 0. The van der Waals surface area contributed by atoms with Crippen LogP contribution in [-0.4, -0.2) is 6.09 Å². The first kappa shape index (κ1) is 8.10. The van der Waals surface area contributed by atoms with Crippen LogP contribution in [-0.2, 0) is 4.74 Å². The first-order chi connectivity index (χ1) is 6.31. The van der Waals surface area contributed by atoms with Crippen molar-refractivity contribution in [3.63, 3.8) is 0 Å². The van der Waals surface area contributed by atoms with E-state index >= 15 is 0 Å². The van der Waals surface area contributed by atoms with Crippen molar-refractivity contribution >= 4 is 11.8 Å². The summed E-state index contributed by atoms with van der Waals surface area (Å²) < 4.78 is 5.11. The minimum Gasteiger partial charge on any atom is -0.441 e. The van der Waals surface area contributed by atoms with Crippen molar-refractivity contribution in [2.45, 2.75) is 19.4 Å². The van der Waals surface area contributed by atoms with E-state index in [0.29, 0.717) is 0 Å². The van der Waals surface area contributed by atoms with E-state index < -0.39 is 0 Å². The van der Waals surface area contributed by atoms with Crippen LogP contribution in [0.1, 0.15) is 25.0 Å². The van der Waals surface area contributed by atoms with E-state index in [1.165, 1.54) is 0 Å². The van der Waals surface area contributed by atoms with Crippen LogP contribution in [0.4, 0.5) is 10.5 Å². The number of fused-ring (bicyclic) bond motifs is 1. The zero-order valence-electron chi connectivity index (χ0n) is 7.41. The molecule has 0 fully saturated rings. The molecule has 1 aliphatic heterocycles. The lowest BCUT2D eigenvalue weighted by molar-refractivity contribution is 0.104. The Labute approximate surface area is 76.7 Å². The van der Waals surface area contributed by atoms with Gasteiger partial charge in [0.15, 0.2) is 0 Å². The second kappa shape index (κ2) is 3.09. The normalized spacial score (nSPS) is 20.1. The monoisotopic (exact) mass is 177 g/mol. The lowest BCUT2D eigenvalue weighted by Crippen LogP contribution is -2.23. The quantitative estimate of drug-likeness (QED) is 0.716. The number of cyclic esters (lactones) is 1. The third-order valence-electron chi connectivity index (χ3n) is 2.16. The third kappa shape index (κ3) is 1.37. The Hall–Kier alpha value is -1.51. The lowest BCUT2D eigenvalue weighted by Gasteiger charge is -2.24. The van der Waals surface area contributed by atoms with Crippen LogP contribution in [0.5, 0.6) is 0 Å². The Balaban J connectivity index is 2.42. The van der Waals surface area contributed by atoms with Crippen molar-refractivity contribution in [3.8, 4) is 0 Å². The molecule has 3 nitrogen and oxygen atoms in total. The predicted octanol–water partition coefficient (Wildman–Crippen LogP) is 2.70. The van der Waals surface area contributed by atoms with Crippen LogP contribution >= 0.6 is 0 Å². The molecule has 1 aliphatic rings. The second-order valence-electron chi connectivity index (χ2n) is 3.01. The van der Waals surface area contributed by atoms with Crippen molar-refractivity contribution in [2.24, 2.45) is 0 Å². The number of amides is 1. The zero-order chi connectivity index (χ0) is 9.26. The standard InChI is InChI=1S/C10H11NO2/c1-2-9-7-5-3-4-6-8(7)11-10(12)13-9/h3-6,9H,2H2,1H3,(H,11,12). The maximum atomic E-state index is 11.1. The van der Waals surface area contributed by atoms with Gasteiger partial charge in [-0.3, -0.25) is 5.32 Å². The first-order valence-corrected chi connectivity index (χ1v) is 4.38. The van der Waals surface area contributed by atoms with Gasteiger partial charge < -0.3 is 4.74 Å². The second-order valence-corrected chi connectivity index (χ2v) is 3.01. The van der Waals surface area contributed by atoms with E-state index in [9.17, 15) is 4.79 Å². The average Bonchev–Trinajstić information content (AvgIpc) is 2.16. The summed E-state index contributed by atoms with van der Waals surface area (Å²) in [6.45, 7) is 2.00. The minimum absolute atomic E-state index is 0.0926. The molecular weight excluding hydrogens is 166 g/mol. The molecule has 1 aromatic carbocycles. The van der Waals surface area contributed by atoms with Gasteiger partial charge in [-0.05, 0) is 12.5 Å². The molecule has 68 valence electrons. The first-order valence-electron chi connectivity index (χ1n) is 4.38. The van der Waals surface area contributed by atoms with E-state index in [1.807, 2.05) is 31.2 Å². The van der Waals surface area contributed by atoms with E-state index in [4.69, 9.17) is 4.74 Å². The number of carbonyl (C=O) groups is 1. The van der Waals surface area contributed by atoms with Gasteiger partial charge in [-0.1, -0.05) is 25.1 Å². The fourth-order valence-electron chi connectivity index (χ4n) is 1.53. The van der Waals surface area contributed by atoms with Gasteiger partial charge in [0.2, 0.25) is 0 Å². The Morgan fingerprint density at radius 1 is 1.46 bits per heavy atom. The molecule has 2 rings (SSSR count). The number of nitrogens with one attached hydrogen (secondary N) is 1. The fraction of sp³-hybridized carbons (Fsp3) is 0.300. The fourth-order valence-corrected chi connectivity index (χ4v) is 1.53. The molecular formula is C10H11NO2. The maximum absolute atomic E-state index is 11.1. The van der Waals surface area contributed by atoms with Gasteiger partial charge in [0.05, 0.1) is 5.69 Å². The Morgan fingerprint density at radius 3 is 3.00 bits per heavy atom. The number of hydrogen-bond acceptors (Lipinski definition) is 2. The molecule has 0 aliphatic carbocycles. The summed E-state index contributed by atoms with van der Waals surface area (Å²) in [6.07, 6.45) is 0.361. The van der Waals surface area contributed by atoms with E-state index in [-0.39, 0.29) is 12.2 Å². The molecule has 1 aromatic rings. The van der Waals surface area contributed by atoms with Gasteiger partial charge in [0, 0.05) is 5.56 Å². The van der Waals surface area contributed by atoms with Gasteiger partial charge in [-0.15, -0.1) is 0 Å². The largest absolute Gasteiger partial charge is 0.441 e. The number of benzene rings is 1. The molecule has 0 aromatic heterocycles. The number of ether oxygens (including phenoxy) is 1. The molecule has 1 N–H and O–H groups in total. The van der Waals surface area contributed by atoms with Crippen LogP contribution in [0, 0.1) is 0 Å². The van der Waals surface area contributed by atoms with Crippen LogP contribution in [0.2, 0.25) is 0 Å². The van der Waals surface area contributed by atoms with Crippen LogP contribution in [0.3, 0.4) is 0 Å². The number of hydrogen-bond donors (Lipinski definition) is 1. The van der Waals surface area contributed by atoms with Crippen LogP contribution in [0.15, 0.2) is 24.3 Å². The summed E-state index contributed by atoms with van der Waals surface area (Å²) in [4.78, 5) is 11.1. The Bertz CT molecular complexity index is 335. The molecule has 0 bridgehead atoms. The SMILES string of the molecule is CCC1OC(=O)Nc2ccccc21. The Kier molecular flexibility index (Phi) is 1.93. The summed E-state index contributed by atoms with van der Waals surface area (Å²) in [5, 5.41) is 2.66. The molecule has 3 heteroatoms. The van der Waals surface area contributed by atoms with Crippen molar-refractivity contribution in [1.82, 2.24) is 0 Å². The topological polar surface area (TPSA) is 38.3 Å². The van der Waals surface area contributed by atoms with Gasteiger partial charge in [-0.2, -0.15) is 0 Å². The van der Waals surface area contributed by atoms with Crippen LogP contribution < -0.4 is 5.32 Å². The molecule has 13 heavy (non-hydrogen) atoms.